The van der Waals surface area contributed by atoms with Gasteiger partial charge in [0.25, 0.3) is 0 Å². The van der Waals surface area contributed by atoms with Crippen molar-refractivity contribution >= 4 is 23.4 Å². The van der Waals surface area contributed by atoms with Crippen molar-refractivity contribution in [3.05, 3.63) is 28.8 Å². The number of hydrogen-bond acceptors (Lipinski definition) is 3. The molecule has 1 aromatic carbocycles. The summed E-state index contributed by atoms with van der Waals surface area (Å²) in [6, 6.07) is 5.49. The largest absolute Gasteiger partial charge is 0.495 e. The summed E-state index contributed by atoms with van der Waals surface area (Å²) in [5.74, 6) is 1.36. The third-order valence-electron chi connectivity index (χ3n) is 2.92. The molecule has 16 heavy (non-hydrogen) atoms. The number of aliphatic hydroxyl groups is 1. The number of thioether (sulfide) groups is 1. The molecule has 88 valence electrons. The van der Waals surface area contributed by atoms with E-state index < -0.39 is 5.60 Å². The quantitative estimate of drug-likeness (QED) is 0.884. The molecule has 2 unspecified atom stereocenters. The lowest BCUT2D eigenvalue weighted by Gasteiger charge is -2.23. The first-order valence-corrected chi connectivity index (χ1v) is 6.66. The van der Waals surface area contributed by atoms with E-state index in [4.69, 9.17) is 16.3 Å². The van der Waals surface area contributed by atoms with Gasteiger partial charge in [-0.05, 0) is 24.1 Å². The van der Waals surface area contributed by atoms with Gasteiger partial charge in [0, 0.05) is 11.0 Å². The molecule has 0 amide bonds. The average molecular weight is 259 g/mol. The first-order valence-electron chi connectivity index (χ1n) is 5.23. The molecule has 0 spiro atoms. The van der Waals surface area contributed by atoms with Crippen molar-refractivity contribution in [3.8, 4) is 5.75 Å². The van der Waals surface area contributed by atoms with Crippen LogP contribution in [0.25, 0.3) is 0 Å². The monoisotopic (exact) mass is 258 g/mol. The van der Waals surface area contributed by atoms with Gasteiger partial charge in [-0.2, -0.15) is 11.8 Å². The predicted molar refractivity (Wildman–Crippen MR) is 68.4 cm³/mol. The van der Waals surface area contributed by atoms with E-state index in [1.807, 2.05) is 12.1 Å². The number of methoxy groups -OCH3 is 1. The minimum atomic E-state index is -0.734. The van der Waals surface area contributed by atoms with Crippen LogP contribution in [-0.4, -0.2) is 23.2 Å². The number of benzene rings is 1. The molecule has 1 aliphatic heterocycles. The molecule has 4 heteroatoms. The Balaban J connectivity index is 2.33. The lowest BCUT2D eigenvalue weighted by atomic mass is 9.91. The first kappa shape index (κ1) is 12.1. The fourth-order valence-corrected chi connectivity index (χ4v) is 3.46. The Labute approximate surface area is 105 Å². The third-order valence-corrected chi connectivity index (χ3v) is 4.61. The Morgan fingerprint density at radius 3 is 2.88 bits per heavy atom. The van der Waals surface area contributed by atoms with Gasteiger partial charge in [0.05, 0.1) is 17.7 Å². The van der Waals surface area contributed by atoms with Crippen molar-refractivity contribution in [2.75, 3.05) is 12.9 Å². The Bertz CT molecular complexity index is 397. The molecule has 1 aliphatic rings. The van der Waals surface area contributed by atoms with Crippen LogP contribution in [0.5, 0.6) is 5.75 Å². The SMILES string of the molecule is COc1cc(C2(O)CSC(C)C2)ccc1Cl. The fourth-order valence-electron chi connectivity index (χ4n) is 2.02. The molecule has 1 aromatic rings. The van der Waals surface area contributed by atoms with Gasteiger partial charge in [-0.15, -0.1) is 0 Å². The van der Waals surface area contributed by atoms with Crippen LogP contribution in [0.15, 0.2) is 18.2 Å². The number of halogens is 1. The van der Waals surface area contributed by atoms with Gasteiger partial charge in [0.2, 0.25) is 0 Å². The normalized spacial score (nSPS) is 29.4. The summed E-state index contributed by atoms with van der Waals surface area (Å²) in [5, 5.41) is 11.6. The van der Waals surface area contributed by atoms with Crippen LogP contribution in [0.2, 0.25) is 5.02 Å². The zero-order chi connectivity index (χ0) is 11.8. The molecular weight excluding hydrogens is 244 g/mol. The zero-order valence-electron chi connectivity index (χ0n) is 9.37. The van der Waals surface area contributed by atoms with Crippen LogP contribution in [0, 0.1) is 0 Å². The van der Waals surface area contributed by atoms with Crippen molar-refractivity contribution in [1.29, 1.82) is 0 Å². The lowest BCUT2D eigenvalue weighted by molar-refractivity contribution is 0.0610. The molecule has 0 bridgehead atoms. The molecule has 1 heterocycles. The summed E-state index contributed by atoms with van der Waals surface area (Å²) in [6.45, 7) is 2.13. The molecule has 0 aliphatic carbocycles. The Morgan fingerprint density at radius 1 is 1.56 bits per heavy atom. The molecule has 0 aromatic heterocycles. The van der Waals surface area contributed by atoms with Gasteiger partial charge < -0.3 is 9.84 Å². The standard InChI is InChI=1S/C12H15ClO2S/c1-8-6-12(14,7-16-8)9-3-4-10(13)11(5-9)15-2/h3-5,8,14H,6-7H2,1-2H3. The van der Waals surface area contributed by atoms with Crippen LogP contribution < -0.4 is 4.74 Å². The topological polar surface area (TPSA) is 29.5 Å². The van der Waals surface area contributed by atoms with E-state index in [2.05, 4.69) is 6.92 Å². The highest BCUT2D eigenvalue weighted by molar-refractivity contribution is 8.00. The molecule has 1 N–H and O–H groups in total. The maximum Gasteiger partial charge on any atom is 0.137 e. The van der Waals surface area contributed by atoms with Crippen LogP contribution in [0.1, 0.15) is 18.9 Å². The Morgan fingerprint density at radius 2 is 2.31 bits per heavy atom. The summed E-state index contributed by atoms with van der Waals surface area (Å²) in [4.78, 5) is 0. The van der Waals surface area contributed by atoms with E-state index in [1.165, 1.54) is 0 Å². The lowest BCUT2D eigenvalue weighted by Crippen LogP contribution is -2.25. The van der Waals surface area contributed by atoms with Crippen molar-refractivity contribution in [2.24, 2.45) is 0 Å². The molecule has 1 fully saturated rings. The predicted octanol–water partition coefficient (Wildman–Crippen LogP) is 3.06. The van der Waals surface area contributed by atoms with Crippen molar-refractivity contribution < 1.29 is 9.84 Å². The minimum absolute atomic E-state index is 0.492. The van der Waals surface area contributed by atoms with Gasteiger partial charge in [0.1, 0.15) is 5.75 Å². The summed E-state index contributed by atoms with van der Waals surface area (Å²) >= 11 is 7.76. The van der Waals surface area contributed by atoms with Gasteiger partial charge >= 0.3 is 0 Å². The highest BCUT2D eigenvalue weighted by atomic mass is 35.5. The van der Waals surface area contributed by atoms with Gasteiger partial charge in [0.15, 0.2) is 0 Å². The highest BCUT2D eigenvalue weighted by Crippen LogP contribution is 2.42. The Kier molecular flexibility index (Phi) is 3.38. The van der Waals surface area contributed by atoms with Crippen LogP contribution in [-0.2, 0) is 5.60 Å². The van der Waals surface area contributed by atoms with Gasteiger partial charge in [-0.3, -0.25) is 0 Å². The van der Waals surface area contributed by atoms with Crippen LogP contribution >= 0.6 is 23.4 Å². The Hall–Kier alpha value is -0.380. The molecule has 2 atom stereocenters. The molecular formula is C12H15ClO2S. The smallest absolute Gasteiger partial charge is 0.137 e. The molecule has 0 saturated carbocycles. The maximum atomic E-state index is 10.5. The summed E-state index contributed by atoms with van der Waals surface area (Å²) in [7, 11) is 1.58. The number of rotatable bonds is 2. The van der Waals surface area contributed by atoms with Crippen LogP contribution in [0.3, 0.4) is 0 Å². The minimum Gasteiger partial charge on any atom is -0.495 e. The van der Waals surface area contributed by atoms with E-state index in [-0.39, 0.29) is 0 Å². The van der Waals surface area contributed by atoms with Crippen LogP contribution in [0.4, 0.5) is 0 Å². The first-order chi connectivity index (χ1) is 7.55. The second kappa shape index (κ2) is 4.47. The number of ether oxygens (including phenoxy) is 1. The van der Waals surface area contributed by atoms with E-state index in [9.17, 15) is 5.11 Å². The summed E-state index contributed by atoms with van der Waals surface area (Å²) < 4.78 is 5.17. The van der Waals surface area contributed by atoms with E-state index in [0.29, 0.717) is 16.0 Å². The average Bonchev–Trinajstić information content (AvgIpc) is 2.60. The van der Waals surface area contributed by atoms with E-state index in [1.54, 1.807) is 24.9 Å². The summed E-state index contributed by atoms with van der Waals surface area (Å²) in [6.07, 6.45) is 0.780. The van der Waals surface area contributed by atoms with Crippen molar-refractivity contribution in [2.45, 2.75) is 24.2 Å². The van der Waals surface area contributed by atoms with Gasteiger partial charge in [-0.1, -0.05) is 24.6 Å². The van der Waals surface area contributed by atoms with Crippen molar-refractivity contribution in [1.82, 2.24) is 0 Å². The fraction of sp³-hybridized carbons (Fsp3) is 0.500. The highest BCUT2D eigenvalue weighted by Gasteiger charge is 2.37. The summed E-state index contributed by atoms with van der Waals surface area (Å²) in [5.41, 5.74) is 0.160. The molecule has 1 saturated heterocycles. The second-order valence-electron chi connectivity index (χ2n) is 4.21. The van der Waals surface area contributed by atoms with E-state index in [0.717, 1.165) is 17.7 Å². The molecule has 0 radical (unpaired) electrons. The third kappa shape index (κ3) is 2.17. The maximum absolute atomic E-state index is 10.5. The number of hydrogen-bond donors (Lipinski definition) is 1. The molecule has 2 nitrogen and oxygen atoms in total. The van der Waals surface area contributed by atoms with Crippen molar-refractivity contribution in [3.63, 3.8) is 0 Å². The van der Waals surface area contributed by atoms with E-state index >= 15 is 0 Å². The second-order valence-corrected chi connectivity index (χ2v) is 6.04. The van der Waals surface area contributed by atoms with Gasteiger partial charge in [-0.25, -0.2) is 0 Å². The zero-order valence-corrected chi connectivity index (χ0v) is 10.9. The molecule has 2 rings (SSSR count).